The Labute approximate surface area is 112 Å². The molecule has 0 aromatic heterocycles. The number of carbonyl (C=O) groups is 2. The highest BCUT2D eigenvalue weighted by atomic mass is 16.2. The van der Waals surface area contributed by atoms with Gasteiger partial charge in [-0.1, -0.05) is 37.3 Å². The third kappa shape index (κ3) is 4.80. The molecule has 1 aromatic carbocycles. The van der Waals surface area contributed by atoms with Gasteiger partial charge in [-0.2, -0.15) is 5.26 Å². The van der Waals surface area contributed by atoms with Gasteiger partial charge in [-0.25, -0.2) is 0 Å². The lowest BCUT2D eigenvalue weighted by Gasteiger charge is -2.20. The molecule has 2 atom stereocenters. The first-order valence-electron chi connectivity index (χ1n) is 6.04. The van der Waals surface area contributed by atoms with Gasteiger partial charge in [-0.05, 0) is 11.5 Å². The molecular formula is C14H17N3O2. The standard InChI is InChI=1S/C14H17N3O2/c1-10(7-8-15)13(14(16)19)17-12(18)9-11-5-3-2-4-6-11/h2-6,10,13H,7,9H2,1H3,(H2,16,19)(H,17,18)/t10-,13-/m0/s1. The van der Waals surface area contributed by atoms with Crippen LogP contribution in [0.15, 0.2) is 30.3 Å². The maximum Gasteiger partial charge on any atom is 0.240 e. The van der Waals surface area contributed by atoms with Crippen LogP contribution >= 0.6 is 0 Å². The molecule has 1 aromatic rings. The lowest BCUT2D eigenvalue weighted by atomic mass is 9.98. The van der Waals surface area contributed by atoms with E-state index in [2.05, 4.69) is 5.32 Å². The van der Waals surface area contributed by atoms with Gasteiger partial charge >= 0.3 is 0 Å². The average Bonchev–Trinajstić information content (AvgIpc) is 2.37. The minimum absolute atomic E-state index is 0.166. The van der Waals surface area contributed by atoms with Gasteiger partial charge in [-0.3, -0.25) is 9.59 Å². The number of primary amides is 1. The number of amides is 2. The molecular weight excluding hydrogens is 242 g/mol. The average molecular weight is 259 g/mol. The van der Waals surface area contributed by atoms with Crippen molar-refractivity contribution in [3.8, 4) is 6.07 Å². The van der Waals surface area contributed by atoms with Crippen molar-refractivity contribution in [2.45, 2.75) is 25.8 Å². The molecule has 3 N–H and O–H groups in total. The number of hydrogen-bond acceptors (Lipinski definition) is 3. The molecule has 0 aliphatic carbocycles. The molecule has 5 nitrogen and oxygen atoms in total. The van der Waals surface area contributed by atoms with Crippen LogP contribution in [0.25, 0.3) is 0 Å². The van der Waals surface area contributed by atoms with Crippen LogP contribution in [0.2, 0.25) is 0 Å². The minimum atomic E-state index is -0.809. The molecule has 0 saturated heterocycles. The number of benzene rings is 1. The van der Waals surface area contributed by atoms with Crippen molar-refractivity contribution in [1.29, 1.82) is 5.26 Å². The van der Waals surface area contributed by atoms with Crippen molar-refractivity contribution < 1.29 is 9.59 Å². The predicted molar refractivity (Wildman–Crippen MR) is 70.7 cm³/mol. The van der Waals surface area contributed by atoms with Crippen LogP contribution < -0.4 is 11.1 Å². The van der Waals surface area contributed by atoms with Crippen LogP contribution in [0, 0.1) is 17.2 Å². The van der Waals surface area contributed by atoms with E-state index >= 15 is 0 Å². The van der Waals surface area contributed by atoms with E-state index in [1.54, 1.807) is 6.92 Å². The summed E-state index contributed by atoms with van der Waals surface area (Å²) in [5, 5.41) is 11.2. The second-order valence-corrected chi connectivity index (χ2v) is 4.45. The van der Waals surface area contributed by atoms with Crippen LogP contribution in [0.4, 0.5) is 0 Å². The lowest BCUT2D eigenvalue weighted by molar-refractivity contribution is -0.128. The molecule has 0 heterocycles. The summed E-state index contributed by atoms with van der Waals surface area (Å²) in [6.45, 7) is 1.71. The molecule has 19 heavy (non-hydrogen) atoms. The van der Waals surface area contributed by atoms with E-state index < -0.39 is 11.9 Å². The second-order valence-electron chi connectivity index (χ2n) is 4.45. The SMILES string of the molecule is C[C@@H](CC#N)[C@H](NC(=O)Cc1ccccc1)C(N)=O. The molecule has 0 fully saturated rings. The van der Waals surface area contributed by atoms with Crippen LogP contribution in [0.5, 0.6) is 0 Å². The van der Waals surface area contributed by atoms with Gasteiger partial charge in [-0.15, -0.1) is 0 Å². The Morgan fingerprint density at radius 2 is 2.00 bits per heavy atom. The van der Waals surface area contributed by atoms with Gasteiger partial charge in [0.05, 0.1) is 12.5 Å². The zero-order chi connectivity index (χ0) is 14.3. The normalized spacial score (nSPS) is 13.1. The summed E-state index contributed by atoms with van der Waals surface area (Å²) < 4.78 is 0. The fourth-order valence-corrected chi connectivity index (χ4v) is 1.76. The van der Waals surface area contributed by atoms with Gasteiger partial charge in [0, 0.05) is 6.42 Å². The first-order valence-corrected chi connectivity index (χ1v) is 6.04. The van der Waals surface area contributed by atoms with E-state index in [0.717, 1.165) is 5.56 Å². The van der Waals surface area contributed by atoms with E-state index in [-0.39, 0.29) is 24.7 Å². The van der Waals surface area contributed by atoms with Gasteiger partial charge < -0.3 is 11.1 Å². The van der Waals surface area contributed by atoms with Crippen LogP contribution in [0.3, 0.4) is 0 Å². The van der Waals surface area contributed by atoms with Crippen molar-refractivity contribution >= 4 is 11.8 Å². The Hall–Kier alpha value is -2.35. The topological polar surface area (TPSA) is 96.0 Å². The lowest BCUT2D eigenvalue weighted by Crippen LogP contribution is -2.48. The fourth-order valence-electron chi connectivity index (χ4n) is 1.76. The summed E-state index contributed by atoms with van der Waals surface area (Å²) in [4.78, 5) is 23.1. The molecule has 0 bridgehead atoms. The smallest absolute Gasteiger partial charge is 0.240 e. The van der Waals surface area contributed by atoms with Gasteiger partial charge in [0.15, 0.2) is 0 Å². The van der Waals surface area contributed by atoms with Gasteiger partial charge in [0.1, 0.15) is 6.04 Å². The summed E-state index contributed by atoms with van der Waals surface area (Å²) in [7, 11) is 0. The number of rotatable bonds is 6. The maximum absolute atomic E-state index is 11.8. The van der Waals surface area contributed by atoms with Crippen molar-refractivity contribution in [2.75, 3.05) is 0 Å². The fraction of sp³-hybridized carbons (Fsp3) is 0.357. The highest BCUT2D eigenvalue weighted by molar-refractivity contribution is 5.87. The number of nitrogens with zero attached hydrogens (tertiary/aromatic N) is 1. The largest absolute Gasteiger partial charge is 0.368 e. The maximum atomic E-state index is 11.8. The molecule has 5 heteroatoms. The molecule has 2 amide bonds. The third-order valence-electron chi connectivity index (χ3n) is 2.81. The van der Waals surface area contributed by atoms with E-state index in [0.29, 0.717) is 0 Å². The minimum Gasteiger partial charge on any atom is -0.368 e. The van der Waals surface area contributed by atoms with E-state index in [1.165, 1.54) is 0 Å². The number of nitrogens with two attached hydrogens (primary N) is 1. The molecule has 0 spiro atoms. The van der Waals surface area contributed by atoms with Crippen molar-refractivity contribution in [1.82, 2.24) is 5.32 Å². The van der Waals surface area contributed by atoms with E-state index in [9.17, 15) is 9.59 Å². The molecule has 0 unspecified atom stereocenters. The molecule has 0 saturated carbocycles. The van der Waals surface area contributed by atoms with Crippen molar-refractivity contribution in [3.63, 3.8) is 0 Å². The van der Waals surface area contributed by atoms with Gasteiger partial charge in [0.25, 0.3) is 0 Å². The Bertz CT molecular complexity index is 479. The summed E-state index contributed by atoms with van der Waals surface area (Å²) in [5.41, 5.74) is 6.10. The van der Waals surface area contributed by atoms with Gasteiger partial charge in [0.2, 0.25) is 11.8 Å². The molecule has 0 radical (unpaired) electrons. The van der Waals surface area contributed by atoms with Crippen LogP contribution in [-0.2, 0) is 16.0 Å². The highest BCUT2D eigenvalue weighted by Gasteiger charge is 2.24. The summed E-state index contributed by atoms with van der Waals surface area (Å²) in [5.74, 6) is -1.20. The molecule has 0 aliphatic heterocycles. The first kappa shape index (κ1) is 14.7. The number of nitriles is 1. The zero-order valence-electron chi connectivity index (χ0n) is 10.8. The summed E-state index contributed by atoms with van der Waals surface area (Å²) in [6.07, 6.45) is 0.350. The third-order valence-corrected chi connectivity index (χ3v) is 2.81. The Kier molecular flexibility index (Phi) is 5.55. The van der Waals surface area contributed by atoms with Crippen molar-refractivity contribution in [2.24, 2.45) is 11.7 Å². The Balaban J connectivity index is 2.62. The highest BCUT2D eigenvalue weighted by Crippen LogP contribution is 2.08. The summed E-state index contributed by atoms with van der Waals surface area (Å²) in [6, 6.07) is 10.4. The molecule has 100 valence electrons. The quantitative estimate of drug-likeness (QED) is 0.789. The van der Waals surface area contributed by atoms with Crippen LogP contribution in [-0.4, -0.2) is 17.9 Å². The predicted octanol–water partition coefficient (Wildman–Crippen LogP) is 0.749. The number of nitrogens with one attached hydrogen (secondary N) is 1. The molecule has 1 rings (SSSR count). The van der Waals surface area contributed by atoms with E-state index in [1.807, 2.05) is 36.4 Å². The zero-order valence-corrected chi connectivity index (χ0v) is 10.8. The van der Waals surface area contributed by atoms with Crippen LogP contribution in [0.1, 0.15) is 18.9 Å². The number of carbonyl (C=O) groups excluding carboxylic acids is 2. The van der Waals surface area contributed by atoms with Crippen molar-refractivity contribution in [3.05, 3.63) is 35.9 Å². The Morgan fingerprint density at radius 1 is 1.37 bits per heavy atom. The summed E-state index contributed by atoms with van der Waals surface area (Å²) >= 11 is 0. The Morgan fingerprint density at radius 3 is 2.53 bits per heavy atom. The molecule has 0 aliphatic rings. The monoisotopic (exact) mass is 259 g/mol. The second kappa shape index (κ2) is 7.17. The first-order chi connectivity index (χ1) is 9.04. The number of hydrogen-bond donors (Lipinski definition) is 2. The van der Waals surface area contributed by atoms with E-state index in [4.69, 9.17) is 11.0 Å².